The lowest BCUT2D eigenvalue weighted by molar-refractivity contribution is 0.835. The Labute approximate surface area is 190 Å². The Bertz CT molecular complexity index is 1420. The van der Waals surface area contributed by atoms with Crippen molar-refractivity contribution >= 4 is 44.7 Å². The minimum absolute atomic E-state index is 0.133. The molecule has 0 aliphatic heterocycles. The van der Waals surface area contributed by atoms with Crippen LogP contribution in [0.15, 0.2) is 57.1 Å². The van der Waals surface area contributed by atoms with Crippen LogP contribution in [-0.2, 0) is 0 Å². The van der Waals surface area contributed by atoms with Crippen LogP contribution in [0.4, 0.5) is 0 Å². The largest absolute Gasteiger partial charge is 0.335 e. The number of benzene rings is 1. The standard InChI is InChI=1S/C21H18N6OS3/c1-11-5-7-13(8-6-11)18-25-26-21(27(18)22)31-12(2)17-23-19(28)16-14(10-30-20(16)24-17)15-4-3-9-29-15/h3-10,12H,22H2,1-2H3,(H,23,24,28). The highest BCUT2D eigenvalue weighted by Gasteiger charge is 2.20. The van der Waals surface area contributed by atoms with Crippen molar-refractivity contribution in [3.63, 3.8) is 0 Å². The Morgan fingerprint density at radius 2 is 1.97 bits per heavy atom. The van der Waals surface area contributed by atoms with E-state index in [1.165, 1.54) is 27.8 Å². The van der Waals surface area contributed by atoms with Gasteiger partial charge in [-0.1, -0.05) is 47.7 Å². The highest BCUT2D eigenvalue weighted by molar-refractivity contribution is 7.99. The molecule has 0 fully saturated rings. The van der Waals surface area contributed by atoms with Crippen LogP contribution in [0.1, 0.15) is 23.6 Å². The fourth-order valence-electron chi connectivity index (χ4n) is 3.24. The van der Waals surface area contributed by atoms with Gasteiger partial charge in [0.05, 0.1) is 10.6 Å². The molecule has 5 rings (SSSR count). The first-order valence-corrected chi connectivity index (χ1v) is 12.1. The number of nitrogen functional groups attached to an aromatic ring is 1. The summed E-state index contributed by atoms with van der Waals surface area (Å²) in [6.45, 7) is 3.99. The minimum atomic E-state index is -0.165. The first-order valence-electron chi connectivity index (χ1n) is 9.50. The number of hydrogen-bond donors (Lipinski definition) is 2. The fourth-order valence-corrected chi connectivity index (χ4v) is 5.84. The second-order valence-corrected chi connectivity index (χ2v) is 10.2. The molecule has 1 aromatic carbocycles. The number of nitrogens with two attached hydrogens (primary N) is 1. The van der Waals surface area contributed by atoms with Crippen LogP contribution < -0.4 is 11.4 Å². The third kappa shape index (κ3) is 3.67. The lowest BCUT2D eigenvalue weighted by Crippen LogP contribution is -2.14. The second-order valence-electron chi connectivity index (χ2n) is 7.06. The molecule has 3 N–H and O–H groups in total. The molecular formula is C21H18N6OS3. The van der Waals surface area contributed by atoms with E-state index >= 15 is 0 Å². The van der Waals surface area contributed by atoms with Crippen LogP contribution in [0.5, 0.6) is 0 Å². The van der Waals surface area contributed by atoms with E-state index in [9.17, 15) is 4.79 Å². The Balaban J connectivity index is 1.44. The van der Waals surface area contributed by atoms with Crippen LogP contribution in [0.25, 0.3) is 32.0 Å². The van der Waals surface area contributed by atoms with Gasteiger partial charge in [0.15, 0.2) is 5.82 Å². The molecule has 0 aliphatic rings. The molecule has 0 saturated carbocycles. The minimum Gasteiger partial charge on any atom is -0.335 e. The maximum absolute atomic E-state index is 12.9. The van der Waals surface area contributed by atoms with E-state index in [2.05, 4.69) is 15.2 Å². The van der Waals surface area contributed by atoms with Crippen molar-refractivity contribution in [1.29, 1.82) is 0 Å². The summed E-state index contributed by atoms with van der Waals surface area (Å²) in [4.78, 5) is 22.3. The molecule has 0 bridgehead atoms. The number of fused-ring (bicyclic) bond motifs is 1. The highest BCUT2D eigenvalue weighted by atomic mass is 32.2. The lowest BCUT2D eigenvalue weighted by atomic mass is 10.1. The molecule has 0 saturated heterocycles. The van der Waals surface area contributed by atoms with Crippen LogP contribution in [0.2, 0.25) is 0 Å². The summed E-state index contributed by atoms with van der Waals surface area (Å²) in [5.41, 5.74) is 2.86. The molecule has 0 radical (unpaired) electrons. The van der Waals surface area contributed by atoms with Gasteiger partial charge in [-0.3, -0.25) is 4.79 Å². The van der Waals surface area contributed by atoms with Crippen molar-refractivity contribution in [2.24, 2.45) is 0 Å². The van der Waals surface area contributed by atoms with Gasteiger partial charge in [0.25, 0.3) is 5.56 Å². The maximum atomic E-state index is 12.9. The van der Waals surface area contributed by atoms with Crippen molar-refractivity contribution in [1.82, 2.24) is 24.8 Å². The number of aromatic amines is 1. The van der Waals surface area contributed by atoms with Gasteiger partial charge < -0.3 is 10.8 Å². The predicted octanol–water partition coefficient (Wildman–Crippen LogP) is 4.85. The molecule has 7 nitrogen and oxygen atoms in total. The average Bonchev–Trinajstić information content (AvgIpc) is 3.49. The fraction of sp³-hybridized carbons (Fsp3) is 0.143. The van der Waals surface area contributed by atoms with E-state index in [1.54, 1.807) is 11.3 Å². The first kappa shape index (κ1) is 20.0. The number of rotatable bonds is 5. The monoisotopic (exact) mass is 466 g/mol. The summed E-state index contributed by atoms with van der Waals surface area (Å²) >= 11 is 4.49. The number of nitrogens with zero attached hydrogens (tertiary/aromatic N) is 4. The molecule has 4 aromatic heterocycles. The quantitative estimate of drug-likeness (QED) is 0.284. The van der Waals surface area contributed by atoms with Crippen molar-refractivity contribution in [2.45, 2.75) is 24.3 Å². The number of hydrogen-bond acceptors (Lipinski definition) is 8. The predicted molar refractivity (Wildman–Crippen MR) is 128 cm³/mol. The van der Waals surface area contributed by atoms with Gasteiger partial charge in [-0.25, -0.2) is 9.66 Å². The molecular weight excluding hydrogens is 448 g/mol. The van der Waals surface area contributed by atoms with E-state index in [4.69, 9.17) is 10.8 Å². The Hall–Kier alpha value is -2.95. The van der Waals surface area contributed by atoms with E-state index in [1.807, 2.05) is 61.0 Å². The Morgan fingerprint density at radius 3 is 2.71 bits per heavy atom. The van der Waals surface area contributed by atoms with Crippen LogP contribution >= 0.6 is 34.4 Å². The van der Waals surface area contributed by atoms with E-state index < -0.39 is 0 Å². The summed E-state index contributed by atoms with van der Waals surface area (Å²) in [6.07, 6.45) is 0. The van der Waals surface area contributed by atoms with E-state index in [0.29, 0.717) is 22.2 Å². The molecule has 1 unspecified atom stereocenters. The Kier molecular flexibility index (Phi) is 5.12. The van der Waals surface area contributed by atoms with E-state index in [0.717, 1.165) is 26.4 Å². The highest BCUT2D eigenvalue weighted by Crippen LogP contribution is 2.36. The number of thioether (sulfide) groups is 1. The zero-order valence-electron chi connectivity index (χ0n) is 16.7. The topological polar surface area (TPSA) is 102 Å². The normalized spacial score (nSPS) is 12.5. The van der Waals surface area contributed by atoms with Crippen molar-refractivity contribution in [3.05, 3.63) is 68.9 Å². The van der Waals surface area contributed by atoms with Gasteiger partial charge in [-0.2, -0.15) is 0 Å². The van der Waals surface area contributed by atoms with Crippen molar-refractivity contribution in [2.75, 3.05) is 5.84 Å². The Morgan fingerprint density at radius 1 is 1.16 bits per heavy atom. The number of aromatic nitrogens is 5. The van der Waals surface area contributed by atoms with E-state index in [-0.39, 0.29) is 10.8 Å². The molecule has 4 heterocycles. The van der Waals surface area contributed by atoms with Gasteiger partial charge in [0.2, 0.25) is 5.16 Å². The van der Waals surface area contributed by atoms with Crippen molar-refractivity contribution in [3.8, 4) is 21.8 Å². The number of nitrogens with one attached hydrogen (secondary N) is 1. The summed E-state index contributed by atoms with van der Waals surface area (Å²) in [5, 5.41) is 13.5. The molecule has 0 aliphatic carbocycles. The zero-order chi connectivity index (χ0) is 21.5. The number of aryl methyl sites for hydroxylation is 1. The second kappa shape index (κ2) is 7.95. The molecule has 31 heavy (non-hydrogen) atoms. The van der Waals surface area contributed by atoms with Gasteiger partial charge >= 0.3 is 0 Å². The molecule has 156 valence electrons. The third-order valence-corrected chi connectivity index (χ3v) is 7.73. The smallest absolute Gasteiger partial charge is 0.260 e. The number of H-pyrrole nitrogens is 1. The summed E-state index contributed by atoms with van der Waals surface area (Å²) in [5.74, 6) is 7.43. The molecule has 0 amide bonds. The van der Waals surface area contributed by atoms with Crippen LogP contribution in [-0.4, -0.2) is 24.8 Å². The maximum Gasteiger partial charge on any atom is 0.260 e. The average molecular weight is 467 g/mol. The van der Waals surface area contributed by atoms with Gasteiger partial charge in [-0.05, 0) is 25.3 Å². The first-order chi connectivity index (χ1) is 15.0. The van der Waals surface area contributed by atoms with Gasteiger partial charge in [-0.15, -0.1) is 32.9 Å². The van der Waals surface area contributed by atoms with Crippen molar-refractivity contribution < 1.29 is 0 Å². The SMILES string of the molecule is Cc1ccc(-c2nnc(SC(C)c3nc4scc(-c5cccs5)c4c(=O)[nH]3)n2N)cc1. The molecule has 0 spiro atoms. The molecule has 1 atom stereocenters. The summed E-state index contributed by atoms with van der Waals surface area (Å²) in [7, 11) is 0. The number of thiophene rings is 2. The van der Waals surface area contributed by atoms with Crippen LogP contribution in [0, 0.1) is 6.92 Å². The van der Waals surface area contributed by atoms with Gasteiger partial charge in [0.1, 0.15) is 10.7 Å². The third-order valence-electron chi connectivity index (χ3n) is 4.89. The lowest BCUT2D eigenvalue weighted by Gasteiger charge is -2.10. The molecule has 10 heteroatoms. The zero-order valence-corrected chi connectivity index (χ0v) is 19.1. The summed E-state index contributed by atoms with van der Waals surface area (Å²) in [6, 6.07) is 11.9. The summed E-state index contributed by atoms with van der Waals surface area (Å²) < 4.78 is 1.47. The van der Waals surface area contributed by atoms with Crippen LogP contribution in [0.3, 0.4) is 0 Å². The van der Waals surface area contributed by atoms with Gasteiger partial charge in [0, 0.05) is 21.4 Å². The molecule has 5 aromatic rings.